The summed E-state index contributed by atoms with van der Waals surface area (Å²) in [5.74, 6) is -1.01. The van der Waals surface area contributed by atoms with Crippen molar-refractivity contribution < 1.29 is 19.1 Å². The Balaban J connectivity index is 3.28. The molecule has 0 spiro atoms. The second-order valence-corrected chi connectivity index (χ2v) is 7.54. The highest BCUT2D eigenvalue weighted by atomic mass is 16.5. The van der Waals surface area contributed by atoms with Gasteiger partial charge in [-0.1, -0.05) is 36.3 Å². The van der Waals surface area contributed by atoms with Crippen LogP contribution in [0.15, 0.2) is 34.9 Å². The molecular weight excluding hydrogens is 328 g/mol. The van der Waals surface area contributed by atoms with Gasteiger partial charge in [-0.05, 0) is 51.5 Å². The first-order chi connectivity index (χ1) is 12.3. The second kappa shape index (κ2) is 10.9. The molecule has 4 unspecified atom stereocenters. The molecule has 0 radical (unpaired) electrons. The Labute approximate surface area is 157 Å². The van der Waals surface area contributed by atoms with E-state index in [9.17, 15) is 14.4 Å². The van der Waals surface area contributed by atoms with E-state index in [0.29, 0.717) is 18.4 Å². The molecule has 0 aromatic rings. The van der Waals surface area contributed by atoms with Gasteiger partial charge in [0.1, 0.15) is 18.7 Å². The summed E-state index contributed by atoms with van der Waals surface area (Å²) >= 11 is 0. The van der Waals surface area contributed by atoms with Crippen LogP contribution in [-0.2, 0) is 19.1 Å². The lowest BCUT2D eigenvalue weighted by Gasteiger charge is -2.35. The van der Waals surface area contributed by atoms with E-state index in [0.717, 1.165) is 31.0 Å². The Morgan fingerprint density at radius 3 is 2.50 bits per heavy atom. The molecule has 0 saturated heterocycles. The fourth-order valence-corrected chi connectivity index (χ4v) is 3.70. The maximum Gasteiger partial charge on any atom is 0.302 e. The van der Waals surface area contributed by atoms with E-state index in [-0.39, 0.29) is 17.8 Å². The van der Waals surface area contributed by atoms with E-state index < -0.39 is 12.0 Å². The van der Waals surface area contributed by atoms with Crippen LogP contribution in [0.2, 0.25) is 0 Å². The molecule has 0 N–H and O–H groups in total. The van der Waals surface area contributed by atoms with Crippen LogP contribution >= 0.6 is 0 Å². The standard InChI is InChI=1S/C22H32O4/c1-15(2)8-6-10-17(4)22-20(14-24)19(13-23)11-7-9-16(3)12-21(22)26-18(5)25/h8-9,11,13-14,17,20-22H,6-7,10,12H2,1-5H3. The fourth-order valence-electron chi connectivity index (χ4n) is 3.70. The first-order valence-electron chi connectivity index (χ1n) is 9.36. The van der Waals surface area contributed by atoms with Crippen molar-refractivity contribution in [2.75, 3.05) is 0 Å². The lowest BCUT2D eigenvalue weighted by molar-refractivity contribution is -0.152. The van der Waals surface area contributed by atoms with Gasteiger partial charge >= 0.3 is 5.97 Å². The number of aldehydes is 2. The number of carbonyl (C=O) groups excluding carboxylic acids is 3. The maximum atomic E-state index is 11.9. The molecule has 26 heavy (non-hydrogen) atoms. The lowest BCUT2D eigenvalue weighted by Crippen LogP contribution is -2.38. The molecule has 4 atom stereocenters. The minimum absolute atomic E-state index is 0.124. The van der Waals surface area contributed by atoms with E-state index >= 15 is 0 Å². The van der Waals surface area contributed by atoms with E-state index in [4.69, 9.17) is 4.74 Å². The van der Waals surface area contributed by atoms with Gasteiger partial charge in [-0.25, -0.2) is 0 Å². The molecule has 1 rings (SSSR count). The third-order valence-electron chi connectivity index (χ3n) is 5.00. The molecule has 1 aliphatic carbocycles. The second-order valence-electron chi connectivity index (χ2n) is 7.54. The summed E-state index contributed by atoms with van der Waals surface area (Å²) in [6.07, 6.45) is 10.2. The summed E-state index contributed by atoms with van der Waals surface area (Å²) in [5, 5.41) is 0. The number of ether oxygens (including phenoxy) is 1. The predicted octanol–water partition coefficient (Wildman–Crippen LogP) is 4.60. The van der Waals surface area contributed by atoms with Gasteiger partial charge in [0.15, 0.2) is 0 Å². The summed E-state index contributed by atoms with van der Waals surface area (Å²) in [6, 6.07) is 0. The van der Waals surface area contributed by atoms with E-state index in [1.165, 1.54) is 12.5 Å². The molecule has 4 heteroatoms. The maximum absolute atomic E-state index is 11.9. The van der Waals surface area contributed by atoms with Crippen LogP contribution in [0, 0.1) is 17.8 Å². The smallest absolute Gasteiger partial charge is 0.302 e. The van der Waals surface area contributed by atoms with Crippen molar-refractivity contribution in [3.8, 4) is 0 Å². The Morgan fingerprint density at radius 2 is 1.96 bits per heavy atom. The minimum atomic E-state index is -0.558. The molecule has 144 valence electrons. The minimum Gasteiger partial charge on any atom is -0.462 e. The molecular formula is C22H32O4. The SMILES string of the molecule is CC(=O)OC1CC(C)=CCC=C(C=O)C(C=O)C1C(C)CCC=C(C)C. The summed E-state index contributed by atoms with van der Waals surface area (Å²) in [4.78, 5) is 35.3. The average Bonchev–Trinajstić information content (AvgIpc) is 2.61. The topological polar surface area (TPSA) is 60.4 Å². The zero-order valence-electron chi connectivity index (χ0n) is 16.7. The molecule has 0 fully saturated rings. The summed E-state index contributed by atoms with van der Waals surface area (Å²) in [6.45, 7) is 9.58. The van der Waals surface area contributed by atoms with Crippen LogP contribution in [0.5, 0.6) is 0 Å². The fraction of sp³-hybridized carbons (Fsp3) is 0.591. The Bertz CT molecular complexity index is 593. The number of rotatable bonds is 7. The first-order valence-corrected chi connectivity index (χ1v) is 9.36. The predicted molar refractivity (Wildman–Crippen MR) is 104 cm³/mol. The third-order valence-corrected chi connectivity index (χ3v) is 5.00. The van der Waals surface area contributed by atoms with Crippen molar-refractivity contribution >= 4 is 18.5 Å². The number of carbonyl (C=O) groups is 3. The highest BCUT2D eigenvalue weighted by molar-refractivity contribution is 5.81. The van der Waals surface area contributed by atoms with Crippen molar-refractivity contribution in [1.29, 1.82) is 0 Å². The van der Waals surface area contributed by atoms with Gasteiger partial charge < -0.3 is 9.53 Å². The van der Waals surface area contributed by atoms with Crippen LogP contribution in [0.4, 0.5) is 0 Å². The van der Waals surface area contributed by atoms with Crippen molar-refractivity contribution in [3.05, 3.63) is 34.9 Å². The van der Waals surface area contributed by atoms with Gasteiger partial charge in [0.2, 0.25) is 0 Å². The van der Waals surface area contributed by atoms with E-state index in [1.54, 1.807) is 0 Å². The summed E-state index contributed by atoms with van der Waals surface area (Å²) in [7, 11) is 0. The third kappa shape index (κ3) is 6.74. The highest BCUT2D eigenvalue weighted by Crippen LogP contribution is 2.36. The Hall–Kier alpha value is -1.97. The van der Waals surface area contributed by atoms with Crippen molar-refractivity contribution in [1.82, 2.24) is 0 Å². The molecule has 4 nitrogen and oxygen atoms in total. The largest absolute Gasteiger partial charge is 0.462 e. The van der Waals surface area contributed by atoms with Crippen LogP contribution in [0.1, 0.15) is 60.3 Å². The molecule has 0 saturated carbocycles. The molecule has 0 bridgehead atoms. The Morgan fingerprint density at radius 1 is 1.27 bits per heavy atom. The van der Waals surface area contributed by atoms with E-state index in [1.807, 2.05) is 19.1 Å². The Kier molecular flexibility index (Phi) is 9.25. The number of allylic oxidation sites excluding steroid dienone is 5. The van der Waals surface area contributed by atoms with Gasteiger partial charge in [0.05, 0.1) is 0 Å². The highest BCUT2D eigenvalue weighted by Gasteiger charge is 2.37. The average molecular weight is 360 g/mol. The van der Waals surface area contributed by atoms with Gasteiger partial charge in [-0.3, -0.25) is 9.59 Å². The summed E-state index contributed by atoms with van der Waals surface area (Å²) in [5.41, 5.74) is 2.84. The lowest BCUT2D eigenvalue weighted by atomic mass is 9.73. The van der Waals surface area contributed by atoms with Crippen molar-refractivity contribution in [2.45, 2.75) is 66.4 Å². The van der Waals surface area contributed by atoms with Gasteiger partial charge in [0.25, 0.3) is 0 Å². The van der Waals surface area contributed by atoms with E-state index in [2.05, 4.69) is 26.8 Å². The molecule has 0 amide bonds. The normalized spacial score (nSPS) is 24.7. The van der Waals surface area contributed by atoms with Crippen LogP contribution < -0.4 is 0 Å². The molecule has 0 heterocycles. The zero-order valence-corrected chi connectivity index (χ0v) is 16.7. The quantitative estimate of drug-likeness (QED) is 0.378. The van der Waals surface area contributed by atoms with Gasteiger partial charge in [-0.15, -0.1) is 0 Å². The van der Waals surface area contributed by atoms with Gasteiger partial charge in [-0.2, -0.15) is 0 Å². The molecule has 0 aliphatic heterocycles. The molecule has 0 aromatic carbocycles. The van der Waals surface area contributed by atoms with Gasteiger partial charge in [0, 0.05) is 25.2 Å². The van der Waals surface area contributed by atoms with Crippen LogP contribution in [0.3, 0.4) is 0 Å². The van der Waals surface area contributed by atoms with Crippen LogP contribution in [0.25, 0.3) is 0 Å². The number of hydrogen-bond donors (Lipinski definition) is 0. The monoisotopic (exact) mass is 360 g/mol. The van der Waals surface area contributed by atoms with Crippen molar-refractivity contribution in [2.24, 2.45) is 17.8 Å². The first kappa shape index (κ1) is 22.1. The van der Waals surface area contributed by atoms with Crippen molar-refractivity contribution in [3.63, 3.8) is 0 Å². The zero-order chi connectivity index (χ0) is 19.7. The summed E-state index contributed by atoms with van der Waals surface area (Å²) < 4.78 is 5.64. The number of hydrogen-bond acceptors (Lipinski definition) is 4. The molecule has 1 aliphatic rings. The van der Waals surface area contributed by atoms with Crippen LogP contribution in [-0.4, -0.2) is 24.6 Å². The molecule has 0 aromatic heterocycles. The number of esters is 1.